The van der Waals surface area contributed by atoms with Gasteiger partial charge in [0.2, 0.25) is 0 Å². The lowest BCUT2D eigenvalue weighted by Crippen LogP contribution is -2.14. The van der Waals surface area contributed by atoms with E-state index in [4.69, 9.17) is 11.6 Å². The van der Waals surface area contributed by atoms with Gasteiger partial charge in [0.15, 0.2) is 0 Å². The number of alkyl halides is 1. The van der Waals surface area contributed by atoms with Crippen LogP contribution in [-0.2, 0) is 6.42 Å². The molecule has 0 aliphatic carbocycles. The molecule has 3 N–H and O–H groups in total. The molecular formula is C21H38ClN. The van der Waals surface area contributed by atoms with E-state index in [9.17, 15) is 0 Å². The Bertz CT molecular complexity index is 361. The minimum Gasteiger partial charge on any atom is -0.344 e. The second-order valence-electron chi connectivity index (χ2n) is 7.45. The predicted octanol–water partition coefficient (Wildman–Crippen LogP) is 7.56. The average Bonchev–Trinajstić information content (AvgIpc) is 2.49. The van der Waals surface area contributed by atoms with Gasteiger partial charge in [-0.15, -0.1) is 11.6 Å². The van der Waals surface area contributed by atoms with Gasteiger partial charge in [0.05, 0.1) is 0 Å². The zero-order valence-corrected chi connectivity index (χ0v) is 16.2. The molecule has 0 heterocycles. The lowest BCUT2D eigenvalue weighted by atomic mass is 9.81. The zero-order chi connectivity index (χ0) is 16.1. The zero-order valence-electron chi connectivity index (χ0n) is 15.5. The summed E-state index contributed by atoms with van der Waals surface area (Å²) in [5, 5.41) is 0. The van der Waals surface area contributed by atoms with E-state index in [1.807, 2.05) is 0 Å². The standard InChI is InChI=1S/C21H35Cl.H3N/c1-21(2,19-20-15-11-10-12-16-20)17-13-8-6-4-3-5-7-9-14-18-22;/h10-12,15-16H,3-9,13-14,17-19H2,1-2H3;1H3. The fourth-order valence-corrected chi connectivity index (χ4v) is 3.36. The molecule has 0 unspecified atom stereocenters. The fraction of sp³-hybridized carbons (Fsp3) is 0.714. The van der Waals surface area contributed by atoms with E-state index in [2.05, 4.69) is 44.2 Å². The van der Waals surface area contributed by atoms with Crippen molar-refractivity contribution in [3.8, 4) is 0 Å². The maximum atomic E-state index is 5.69. The van der Waals surface area contributed by atoms with E-state index in [0.29, 0.717) is 5.41 Å². The molecule has 0 atom stereocenters. The van der Waals surface area contributed by atoms with Gasteiger partial charge in [0.25, 0.3) is 0 Å². The third-order valence-corrected chi connectivity index (χ3v) is 4.78. The van der Waals surface area contributed by atoms with Gasteiger partial charge < -0.3 is 6.15 Å². The summed E-state index contributed by atoms with van der Waals surface area (Å²) < 4.78 is 0. The molecule has 0 aliphatic rings. The molecule has 1 aromatic rings. The monoisotopic (exact) mass is 339 g/mol. The summed E-state index contributed by atoms with van der Waals surface area (Å²) in [6.45, 7) is 4.83. The lowest BCUT2D eigenvalue weighted by Gasteiger charge is -2.24. The maximum Gasteiger partial charge on any atom is 0.0223 e. The molecule has 0 aliphatic heterocycles. The normalized spacial score (nSPS) is 11.3. The van der Waals surface area contributed by atoms with Crippen molar-refractivity contribution in [3.05, 3.63) is 35.9 Å². The Morgan fingerprint density at radius 1 is 0.739 bits per heavy atom. The lowest BCUT2D eigenvalue weighted by molar-refractivity contribution is 0.316. The Labute approximate surface area is 149 Å². The Balaban J connectivity index is 0.00000484. The van der Waals surface area contributed by atoms with E-state index in [-0.39, 0.29) is 6.15 Å². The number of rotatable bonds is 13. The van der Waals surface area contributed by atoms with Crippen LogP contribution >= 0.6 is 11.6 Å². The molecule has 1 rings (SSSR count). The van der Waals surface area contributed by atoms with Gasteiger partial charge in [-0.2, -0.15) is 0 Å². The van der Waals surface area contributed by atoms with E-state index in [0.717, 1.165) is 5.88 Å². The van der Waals surface area contributed by atoms with Gasteiger partial charge in [-0.1, -0.05) is 95.5 Å². The summed E-state index contributed by atoms with van der Waals surface area (Å²) in [5.41, 5.74) is 1.91. The summed E-state index contributed by atoms with van der Waals surface area (Å²) in [4.78, 5) is 0. The molecule has 0 saturated heterocycles. The Morgan fingerprint density at radius 2 is 1.22 bits per heavy atom. The quantitative estimate of drug-likeness (QED) is 0.292. The van der Waals surface area contributed by atoms with E-state index >= 15 is 0 Å². The maximum absolute atomic E-state index is 5.69. The van der Waals surface area contributed by atoms with Crippen LogP contribution < -0.4 is 6.15 Å². The second-order valence-corrected chi connectivity index (χ2v) is 7.83. The molecule has 0 spiro atoms. The van der Waals surface area contributed by atoms with Crippen LogP contribution in [0, 0.1) is 5.41 Å². The Morgan fingerprint density at radius 3 is 1.74 bits per heavy atom. The average molecular weight is 340 g/mol. The van der Waals surface area contributed by atoms with Crippen LogP contribution in [-0.4, -0.2) is 5.88 Å². The largest absolute Gasteiger partial charge is 0.344 e. The first-order valence-electron chi connectivity index (χ1n) is 9.24. The van der Waals surface area contributed by atoms with Crippen molar-refractivity contribution in [3.63, 3.8) is 0 Å². The van der Waals surface area contributed by atoms with Crippen LogP contribution in [0.3, 0.4) is 0 Å². The second kappa shape index (κ2) is 13.9. The molecule has 2 heteroatoms. The molecule has 23 heavy (non-hydrogen) atoms. The summed E-state index contributed by atoms with van der Waals surface area (Å²) >= 11 is 5.69. The van der Waals surface area contributed by atoms with Crippen molar-refractivity contribution < 1.29 is 0 Å². The van der Waals surface area contributed by atoms with Gasteiger partial charge in [-0.25, -0.2) is 0 Å². The smallest absolute Gasteiger partial charge is 0.0223 e. The van der Waals surface area contributed by atoms with Gasteiger partial charge in [0, 0.05) is 5.88 Å². The number of unbranched alkanes of at least 4 members (excludes halogenated alkanes) is 8. The van der Waals surface area contributed by atoms with E-state index < -0.39 is 0 Å². The highest BCUT2D eigenvalue weighted by Crippen LogP contribution is 2.28. The summed E-state index contributed by atoms with van der Waals surface area (Å²) in [5.74, 6) is 0.832. The molecule has 1 aromatic carbocycles. The highest BCUT2D eigenvalue weighted by Gasteiger charge is 2.17. The molecule has 1 nitrogen and oxygen atoms in total. The van der Waals surface area contributed by atoms with Crippen molar-refractivity contribution in [1.82, 2.24) is 6.15 Å². The molecule has 0 radical (unpaired) electrons. The highest BCUT2D eigenvalue weighted by molar-refractivity contribution is 6.17. The third-order valence-electron chi connectivity index (χ3n) is 4.51. The van der Waals surface area contributed by atoms with Gasteiger partial charge in [-0.05, 0) is 30.2 Å². The number of halogens is 1. The predicted molar refractivity (Wildman–Crippen MR) is 106 cm³/mol. The van der Waals surface area contributed by atoms with Crippen LogP contribution in [0.1, 0.15) is 83.6 Å². The number of hydrogen-bond acceptors (Lipinski definition) is 1. The molecule has 134 valence electrons. The van der Waals surface area contributed by atoms with Crippen LogP contribution in [0.5, 0.6) is 0 Å². The van der Waals surface area contributed by atoms with Crippen LogP contribution in [0.25, 0.3) is 0 Å². The minimum absolute atomic E-state index is 0. The van der Waals surface area contributed by atoms with E-state index in [1.54, 1.807) is 0 Å². The SMILES string of the molecule is CC(C)(CCCCCCCCCCCCl)Cc1ccccc1.N. The van der Waals surface area contributed by atoms with E-state index in [1.165, 1.54) is 76.2 Å². The summed E-state index contributed by atoms with van der Waals surface area (Å²) in [6.07, 6.45) is 14.9. The fourth-order valence-electron chi connectivity index (χ4n) is 3.17. The van der Waals surface area contributed by atoms with Gasteiger partial charge >= 0.3 is 0 Å². The third kappa shape index (κ3) is 12.5. The molecular weight excluding hydrogens is 302 g/mol. The molecule has 0 fully saturated rings. The summed E-state index contributed by atoms with van der Waals surface area (Å²) in [6, 6.07) is 10.9. The van der Waals surface area contributed by atoms with Crippen molar-refractivity contribution in [1.29, 1.82) is 0 Å². The van der Waals surface area contributed by atoms with Gasteiger partial charge in [-0.3, -0.25) is 0 Å². The first-order chi connectivity index (χ1) is 10.6. The topological polar surface area (TPSA) is 35.0 Å². The van der Waals surface area contributed by atoms with Crippen molar-refractivity contribution in [2.75, 3.05) is 5.88 Å². The van der Waals surface area contributed by atoms with Crippen molar-refractivity contribution in [2.24, 2.45) is 5.41 Å². The Hall–Kier alpha value is -0.530. The van der Waals surface area contributed by atoms with Crippen LogP contribution in [0.2, 0.25) is 0 Å². The highest BCUT2D eigenvalue weighted by atomic mass is 35.5. The Kier molecular flexibility index (Phi) is 13.5. The van der Waals surface area contributed by atoms with Crippen LogP contribution in [0.4, 0.5) is 0 Å². The van der Waals surface area contributed by atoms with Crippen molar-refractivity contribution >= 4 is 11.6 Å². The number of benzene rings is 1. The molecule has 0 amide bonds. The van der Waals surface area contributed by atoms with Gasteiger partial charge in [0.1, 0.15) is 0 Å². The molecule has 0 saturated carbocycles. The molecule has 0 aromatic heterocycles. The minimum atomic E-state index is 0. The van der Waals surface area contributed by atoms with Crippen LogP contribution in [0.15, 0.2) is 30.3 Å². The first kappa shape index (κ1) is 22.5. The molecule has 0 bridgehead atoms. The first-order valence-corrected chi connectivity index (χ1v) is 9.77. The number of hydrogen-bond donors (Lipinski definition) is 1. The summed E-state index contributed by atoms with van der Waals surface area (Å²) in [7, 11) is 0. The van der Waals surface area contributed by atoms with Crippen molar-refractivity contribution in [2.45, 2.75) is 84.5 Å².